The van der Waals surface area contributed by atoms with Crippen LogP contribution in [0.15, 0.2) is 16.9 Å². The lowest BCUT2D eigenvalue weighted by atomic mass is 10.0. The molecule has 0 aromatic carbocycles. The van der Waals surface area contributed by atoms with Crippen LogP contribution in [0.5, 0.6) is 0 Å². The molecule has 5 heteroatoms. The molecule has 0 unspecified atom stereocenters. The van der Waals surface area contributed by atoms with Crippen LogP contribution in [0.2, 0.25) is 0 Å². The molecule has 0 saturated carbocycles. The molecule has 1 aliphatic heterocycles. The molecule has 3 rings (SSSR count). The van der Waals surface area contributed by atoms with Gasteiger partial charge in [0.15, 0.2) is 0 Å². The van der Waals surface area contributed by atoms with E-state index in [4.69, 9.17) is 0 Å². The maximum Gasteiger partial charge on any atom is 0.255 e. The van der Waals surface area contributed by atoms with E-state index >= 15 is 0 Å². The van der Waals surface area contributed by atoms with Gasteiger partial charge in [0.1, 0.15) is 0 Å². The Morgan fingerprint density at radius 2 is 2.04 bits per heavy atom. The van der Waals surface area contributed by atoms with E-state index in [1.165, 1.54) is 5.56 Å². The highest BCUT2D eigenvalue weighted by Crippen LogP contribution is 2.12. The van der Waals surface area contributed by atoms with Crippen molar-refractivity contribution >= 4 is 18.1 Å². The molecule has 0 fully saturated rings. The fourth-order valence-electron chi connectivity index (χ4n) is 3.07. The van der Waals surface area contributed by atoms with Crippen molar-refractivity contribution in [1.29, 1.82) is 0 Å². The van der Waals surface area contributed by atoms with Gasteiger partial charge in [0.25, 0.3) is 5.56 Å². The molecule has 1 amide bonds. The van der Waals surface area contributed by atoms with Gasteiger partial charge in [0, 0.05) is 17.5 Å². The molecule has 0 spiro atoms. The minimum Gasteiger partial charge on any atom is -0.335 e. The first kappa shape index (κ1) is 18.2. The van der Waals surface area contributed by atoms with Crippen LogP contribution in [0.1, 0.15) is 31.5 Å². The monoisotopic (exact) mass is 329 g/mol. The summed E-state index contributed by atoms with van der Waals surface area (Å²) in [4.78, 5) is 31.2. The molecule has 1 aromatic heterocycles. The third-order valence-electron chi connectivity index (χ3n) is 4.13. The van der Waals surface area contributed by atoms with Crippen molar-refractivity contribution in [1.82, 2.24) is 14.8 Å². The molecule has 1 N–H and O–H groups in total. The predicted molar refractivity (Wildman–Crippen MR) is 98.0 cm³/mol. The van der Waals surface area contributed by atoms with E-state index in [0.717, 1.165) is 29.0 Å². The minimum atomic E-state index is -0.0596. The second kappa shape index (κ2) is 8.11. The van der Waals surface area contributed by atoms with Gasteiger partial charge < -0.3 is 14.8 Å². The number of likely N-dealkylation sites (N-methyl/N-ethyl adjacent to an activating group) is 1. The van der Waals surface area contributed by atoms with Crippen molar-refractivity contribution < 1.29 is 4.79 Å². The molecule has 130 valence electrons. The number of hydrogen-bond acceptors (Lipinski definition) is 3. The molecule has 0 saturated heterocycles. The highest BCUT2D eigenvalue weighted by atomic mass is 16.2. The molecule has 24 heavy (non-hydrogen) atoms. The van der Waals surface area contributed by atoms with Gasteiger partial charge in [-0.25, -0.2) is 0 Å². The van der Waals surface area contributed by atoms with Crippen LogP contribution in [0.3, 0.4) is 0 Å². The zero-order chi connectivity index (χ0) is 17.7. The number of fused-ring (bicyclic) bond motifs is 3. The van der Waals surface area contributed by atoms with Crippen LogP contribution in [0.4, 0.5) is 0 Å². The summed E-state index contributed by atoms with van der Waals surface area (Å²) in [6.45, 7) is 5.59. The third kappa shape index (κ3) is 3.85. The Morgan fingerprint density at radius 3 is 2.75 bits per heavy atom. The van der Waals surface area contributed by atoms with Crippen molar-refractivity contribution in [2.75, 3.05) is 27.2 Å². The first-order valence-electron chi connectivity index (χ1n) is 8.60. The van der Waals surface area contributed by atoms with E-state index < -0.39 is 0 Å². The summed E-state index contributed by atoms with van der Waals surface area (Å²) < 4.78 is 0. The Kier molecular flexibility index (Phi) is 6.15. The largest absolute Gasteiger partial charge is 0.335 e. The lowest BCUT2D eigenvalue weighted by Gasteiger charge is -2.29. The van der Waals surface area contributed by atoms with E-state index in [2.05, 4.69) is 4.98 Å². The summed E-state index contributed by atoms with van der Waals surface area (Å²) in [6.07, 6.45) is 9.60. The summed E-state index contributed by atoms with van der Waals surface area (Å²) in [5, 5.41) is 1.78. The summed E-state index contributed by atoms with van der Waals surface area (Å²) in [7, 11) is 3.77. The van der Waals surface area contributed by atoms with Gasteiger partial charge in [-0.15, -0.1) is 0 Å². The second-order valence-corrected chi connectivity index (χ2v) is 6.08. The van der Waals surface area contributed by atoms with Gasteiger partial charge in [-0.1, -0.05) is 38.2 Å². The smallest absolute Gasteiger partial charge is 0.255 e. The van der Waals surface area contributed by atoms with Gasteiger partial charge in [-0.2, -0.15) is 0 Å². The van der Waals surface area contributed by atoms with Gasteiger partial charge in [0.05, 0.1) is 13.1 Å². The number of nitrogens with zero attached hydrogens (tertiary/aromatic N) is 2. The summed E-state index contributed by atoms with van der Waals surface area (Å²) in [6, 6.07) is 0. The maximum absolute atomic E-state index is 12.3. The van der Waals surface area contributed by atoms with Crippen LogP contribution < -0.4 is 16.0 Å². The van der Waals surface area contributed by atoms with E-state index in [0.29, 0.717) is 19.6 Å². The molecular formula is C19H27N3O2. The van der Waals surface area contributed by atoms with Crippen LogP contribution >= 0.6 is 0 Å². The third-order valence-corrected chi connectivity index (χ3v) is 4.13. The summed E-state index contributed by atoms with van der Waals surface area (Å²) in [5.41, 5.74) is 1.99. The highest BCUT2D eigenvalue weighted by molar-refractivity contribution is 5.78. The zero-order valence-corrected chi connectivity index (χ0v) is 15.1. The predicted octanol–water partition coefficient (Wildman–Crippen LogP) is 0.368. The Morgan fingerprint density at radius 1 is 1.29 bits per heavy atom. The van der Waals surface area contributed by atoms with Crippen LogP contribution in [-0.2, 0) is 17.8 Å². The minimum absolute atomic E-state index is 0.0596. The Bertz CT molecular complexity index is 803. The topological polar surface area (TPSA) is 56.4 Å². The van der Waals surface area contributed by atoms with E-state index in [1.807, 2.05) is 62.0 Å². The van der Waals surface area contributed by atoms with E-state index in [9.17, 15) is 9.59 Å². The van der Waals surface area contributed by atoms with Gasteiger partial charge >= 0.3 is 0 Å². The van der Waals surface area contributed by atoms with Gasteiger partial charge in [-0.05, 0) is 37.7 Å². The fourth-order valence-corrected chi connectivity index (χ4v) is 3.07. The van der Waals surface area contributed by atoms with Crippen molar-refractivity contribution in [2.45, 2.75) is 33.2 Å². The molecule has 2 aliphatic rings. The number of H-pyrrole nitrogens is 1. The van der Waals surface area contributed by atoms with Crippen molar-refractivity contribution in [3.8, 4) is 0 Å². The van der Waals surface area contributed by atoms with Crippen LogP contribution in [0.25, 0.3) is 12.2 Å². The molecular weight excluding hydrogens is 302 g/mol. The Hall–Kier alpha value is -2.14. The number of amides is 1. The number of pyridine rings is 1. The van der Waals surface area contributed by atoms with Gasteiger partial charge in [0.2, 0.25) is 5.91 Å². The number of aromatic nitrogens is 1. The molecule has 1 aliphatic carbocycles. The molecule has 0 bridgehead atoms. The van der Waals surface area contributed by atoms with E-state index in [1.54, 1.807) is 0 Å². The first-order valence-corrected chi connectivity index (χ1v) is 8.60. The maximum atomic E-state index is 12.3. The molecule has 0 atom stereocenters. The molecule has 2 heterocycles. The first-order chi connectivity index (χ1) is 11.6. The quantitative estimate of drug-likeness (QED) is 0.853. The van der Waals surface area contributed by atoms with Crippen molar-refractivity contribution in [2.24, 2.45) is 0 Å². The zero-order valence-electron chi connectivity index (χ0n) is 15.1. The SMILES string of the molecule is CC.CN(C)CC(=O)N1CCc2c([nH]c(=O)c3c2=CC=CCC=3)C1. The van der Waals surface area contributed by atoms with E-state index in [-0.39, 0.29) is 11.5 Å². The number of carbonyl (C=O) groups is 1. The van der Waals surface area contributed by atoms with Crippen molar-refractivity contribution in [3.05, 3.63) is 44.2 Å². The summed E-state index contributed by atoms with van der Waals surface area (Å²) >= 11 is 0. The average molecular weight is 329 g/mol. The van der Waals surface area contributed by atoms with Crippen molar-refractivity contribution in [3.63, 3.8) is 0 Å². The van der Waals surface area contributed by atoms with Crippen LogP contribution in [0, 0.1) is 0 Å². The number of rotatable bonds is 2. The molecule has 0 radical (unpaired) electrons. The standard InChI is InChI=1S/C17H21N3O2.C2H6/c1-19(2)11-16(21)20-9-8-13-12-6-4-3-5-7-14(12)17(22)18-15(13)10-20;1-2/h3-4,6-7H,5,8-11H2,1-2H3,(H,18,22);1-2H3. The fraction of sp³-hybridized carbons (Fsp3) is 0.474. The number of hydrogen-bond donors (Lipinski definition) is 1. The molecule has 1 aromatic rings. The van der Waals surface area contributed by atoms with Gasteiger partial charge in [-0.3, -0.25) is 9.59 Å². The number of aromatic amines is 1. The Balaban J connectivity index is 0.00000100. The second-order valence-electron chi connectivity index (χ2n) is 6.08. The molecule has 5 nitrogen and oxygen atoms in total. The summed E-state index contributed by atoms with van der Waals surface area (Å²) in [5.74, 6) is 0.0990. The lowest BCUT2D eigenvalue weighted by molar-refractivity contribution is -0.132. The average Bonchev–Trinajstić information content (AvgIpc) is 2.82. The number of nitrogens with one attached hydrogen (secondary N) is 1. The number of allylic oxidation sites excluding steroid dienone is 2. The lowest BCUT2D eigenvalue weighted by Crippen LogP contribution is -2.49. The Labute approximate surface area is 143 Å². The normalized spacial score (nSPS) is 15.3. The van der Waals surface area contributed by atoms with Crippen LogP contribution in [-0.4, -0.2) is 47.9 Å². The highest BCUT2D eigenvalue weighted by Gasteiger charge is 2.23. The number of carbonyl (C=O) groups excluding carboxylic acids is 1.